The second-order valence-corrected chi connectivity index (χ2v) is 4.60. The Morgan fingerprint density at radius 3 is 2.37 bits per heavy atom. The molecule has 0 amide bonds. The van der Waals surface area contributed by atoms with E-state index >= 15 is 0 Å². The van der Waals surface area contributed by atoms with Crippen LogP contribution in [0.1, 0.15) is 16.7 Å². The molecular weight excluding hydrogens is 238 g/mol. The number of methoxy groups -OCH3 is 1. The van der Waals surface area contributed by atoms with Crippen molar-refractivity contribution in [1.29, 1.82) is 0 Å². The minimum atomic E-state index is 0.298. The SMILES string of the molecule is COCc1ccc(CNc2ccc(O)cc2C)cc1. The van der Waals surface area contributed by atoms with E-state index in [0.29, 0.717) is 12.4 Å². The summed E-state index contributed by atoms with van der Waals surface area (Å²) < 4.78 is 5.08. The highest BCUT2D eigenvalue weighted by atomic mass is 16.5. The number of ether oxygens (including phenoxy) is 1. The standard InChI is InChI=1S/C16H19NO2/c1-12-9-15(18)7-8-16(12)17-10-13-3-5-14(6-4-13)11-19-2/h3-9,17-18H,10-11H2,1-2H3. The lowest BCUT2D eigenvalue weighted by atomic mass is 10.1. The third kappa shape index (κ3) is 3.73. The summed E-state index contributed by atoms with van der Waals surface area (Å²) >= 11 is 0. The molecule has 2 aromatic carbocycles. The zero-order chi connectivity index (χ0) is 13.7. The van der Waals surface area contributed by atoms with Crippen molar-refractivity contribution < 1.29 is 9.84 Å². The van der Waals surface area contributed by atoms with Crippen molar-refractivity contribution in [1.82, 2.24) is 0 Å². The van der Waals surface area contributed by atoms with E-state index in [1.54, 1.807) is 19.2 Å². The summed E-state index contributed by atoms with van der Waals surface area (Å²) in [6.45, 7) is 3.38. The molecule has 0 aliphatic rings. The van der Waals surface area contributed by atoms with E-state index < -0.39 is 0 Å². The molecule has 0 unspecified atom stereocenters. The topological polar surface area (TPSA) is 41.5 Å². The first-order valence-electron chi connectivity index (χ1n) is 6.29. The molecule has 0 saturated heterocycles. The molecule has 3 heteroatoms. The van der Waals surface area contributed by atoms with Crippen LogP contribution in [0.5, 0.6) is 5.75 Å². The van der Waals surface area contributed by atoms with Gasteiger partial charge in [0.2, 0.25) is 0 Å². The Bertz CT molecular complexity index is 535. The number of aryl methyl sites for hydroxylation is 1. The van der Waals surface area contributed by atoms with Gasteiger partial charge in [0.05, 0.1) is 6.61 Å². The largest absolute Gasteiger partial charge is 0.508 e. The van der Waals surface area contributed by atoms with Crippen LogP contribution in [-0.2, 0) is 17.9 Å². The van der Waals surface area contributed by atoms with E-state index in [1.807, 2.05) is 13.0 Å². The maximum Gasteiger partial charge on any atom is 0.115 e. The molecule has 0 aromatic heterocycles. The fourth-order valence-corrected chi connectivity index (χ4v) is 1.96. The Morgan fingerprint density at radius 2 is 1.74 bits per heavy atom. The normalized spacial score (nSPS) is 10.4. The van der Waals surface area contributed by atoms with Crippen molar-refractivity contribution in [3.05, 3.63) is 59.2 Å². The number of nitrogens with one attached hydrogen (secondary N) is 1. The van der Waals surface area contributed by atoms with E-state index in [2.05, 4.69) is 29.6 Å². The molecule has 2 N–H and O–H groups in total. The number of anilines is 1. The van der Waals surface area contributed by atoms with Crippen LogP contribution in [0.15, 0.2) is 42.5 Å². The van der Waals surface area contributed by atoms with Gasteiger partial charge in [-0.3, -0.25) is 0 Å². The number of rotatable bonds is 5. The molecule has 0 heterocycles. The van der Waals surface area contributed by atoms with Gasteiger partial charge in [-0.25, -0.2) is 0 Å². The average Bonchev–Trinajstić information content (AvgIpc) is 2.40. The van der Waals surface area contributed by atoms with Gasteiger partial charge in [-0.05, 0) is 41.8 Å². The van der Waals surface area contributed by atoms with Gasteiger partial charge < -0.3 is 15.2 Å². The maximum absolute atomic E-state index is 9.36. The second-order valence-electron chi connectivity index (χ2n) is 4.60. The molecule has 0 aliphatic heterocycles. The van der Waals surface area contributed by atoms with E-state index in [0.717, 1.165) is 17.8 Å². The van der Waals surface area contributed by atoms with Crippen LogP contribution < -0.4 is 5.32 Å². The van der Waals surface area contributed by atoms with Crippen LogP contribution >= 0.6 is 0 Å². The van der Waals surface area contributed by atoms with Gasteiger partial charge in [0.25, 0.3) is 0 Å². The molecule has 0 aliphatic carbocycles. The molecule has 0 fully saturated rings. The van der Waals surface area contributed by atoms with Crippen molar-refractivity contribution in [2.24, 2.45) is 0 Å². The predicted octanol–water partition coefficient (Wildman–Crippen LogP) is 3.46. The Hall–Kier alpha value is -2.00. The smallest absolute Gasteiger partial charge is 0.115 e. The summed E-state index contributed by atoms with van der Waals surface area (Å²) in [6.07, 6.45) is 0. The monoisotopic (exact) mass is 257 g/mol. The number of benzene rings is 2. The van der Waals surface area contributed by atoms with E-state index in [-0.39, 0.29) is 0 Å². The number of hydrogen-bond acceptors (Lipinski definition) is 3. The molecule has 2 aromatic rings. The van der Waals surface area contributed by atoms with Crippen LogP contribution in [0.4, 0.5) is 5.69 Å². The zero-order valence-corrected chi connectivity index (χ0v) is 11.3. The third-order valence-corrected chi connectivity index (χ3v) is 3.03. The van der Waals surface area contributed by atoms with E-state index in [4.69, 9.17) is 4.74 Å². The van der Waals surface area contributed by atoms with Crippen molar-refractivity contribution >= 4 is 5.69 Å². The highest BCUT2D eigenvalue weighted by Crippen LogP contribution is 2.20. The average molecular weight is 257 g/mol. The highest BCUT2D eigenvalue weighted by molar-refractivity contribution is 5.53. The summed E-state index contributed by atoms with van der Waals surface area (Å²) in [7, 11) is 1.70. The Balaban J connectivity index is 1.98. The van der Waals surface area contributed by atoms with Crippen LogP contribution in [-0.4, -0.2) is 12.2 Å². The molecule has 0 atom stereocenters. The molecule has 3 nitrogen and oxygen atoms in total. The minimum absolute atomic E-state index is 0.298. The molecule has 0 saturated carbocycles. The summed E-state index contributed by atoms with van der Waals surface area (Å²) in [5.41, 5.74) is 4.47. The fraction of sp³-hybridized carbons (Fsp3) is 0.250. The molecule has 2 rings (SSSR count). The van der Waals surface area contributed by atoms with Gasteiger partial charge in [0.15, 0.2) is 0 Å². The number of phenolic OH excluding ortho intramolecular Hbond substituents is 1. The van der Waals surface area contributed by atoms with Crippen LogP contribution in [0, 0.1) is 6.92 Å². The van der Waals surface area contributed by atoms with Gasteiger partial charge in [-0.1, -0.05) is 24.3 Å². The van der Waals surface area contributed by atoms with Crippen molar-refractivity contribution in [3.8, 4) is 5.75 Å². The number of phenols is 1. The molecule has 0 radical (unpaired) electrons. The third-order valence-electron chi connectivity index (χ3n) is 3.03. The highest BCUT2D eigenvalue weighted by Gasteiger charge is 2.00. The summed E-state index contributed by atoms with van der Waals surface area (Å²) in [5.74, 6) is 0.298. The van der Waals surface area contributed by atoms with Gasteiger partial charge in [0.1, 0.15) is 5.75 Å². The maximum atomic E-state index is 9.36. The zero-order valence-electron chi connectivity index (χ0n) is 11.3. The first-order chi connectivity index (χ1) is 9.19. The van der Waals surface area contributed by atoms with Crippen molar-refractivity contribution in [2.45, 2.75) is 20.1 Å². The summed E-state index contributed by atoms with van der Waals surface area (Å²) in [5, 5.41) is 12.7. The second kappa shape index (κ2) is 6.25. The Morgan fingerprint density at radius 1 is 1.05 bits per heavy atom. The van der Waals surface area contributed by atoms with E-state index in [1.165, 1.54) is 11.1 Å². The van der Waals surface area contributed by atoms with Crippen molar-refractivity contribution in [2.75, 3.05) is 12.4 Å². The summed E-state index contributed by atoms with van der Waals surface area (Å²) in [6, 6.07) is 13.7. The van der Waals surface area contributed by atoms with Crippen LogP contribution in [0.3, 0.4) is 0 Å². The molecular formula is C16H19NO2. The number of aromatic hydroxyl groups is 1. The van der Waals surface area contributed by atoms with Gasteiger partial charge in [-0.15, -0.1) is 0 Å². The predicted molar refractivity (Wildman–Crippen MR) is 77.3 cm³/mol. The molecule has 0 spiro atoms. The Kier molecular flexibility index (Phi) is 4.42. The van der Waals surface area contributed by atoms with Crippen LogP contribution in [0.2, 0.25) is 0 Å². The minimum Gasteiger partial charge on any atom is -0.508 e. The first-order valence-corrected chi connectivity index (χ1v) is 6.29. The lowest BCUT2D eigenvalue weighted by molar-refractivity contribution is 0.185. The van der Waals surface area contributed by atoms with Crippen LogP contribution in [0.25, 0.3) is 0 Å². The molecule has 19 heavy (non-hydrogen) atoms. The van der Waals surface area contributed by atoms with Gasteiger partial charge in [-0.2, -0.15) is 0 Å². The quantitative estimate of drug-likeness (QED) is 0.806. The molecule has 0 bridgehead atoms. The number of hydrogen-bond donors (Lipinski definition) is 2. The Labute approximate surface area is 113 Å². The lowest BCUT2D eigenvalue weighted by Gasteiger charge is -2.10. The lowest BCUT2D eigenvalue weighted by Crippen LogP contribution is -2.01. The molecule has 100 valence electrons. The van der Waals surface area contributed by atoms with Crippen molar-refractivity contribution in [3.63, 3.8) is 0 Å². The summed E-state index contributed by atoms with van der Waals surface area (Å²) in [4.78, 5) is 0. The first kappa shape index (κ1) is 13.4. The fourth-order valence-electron chi connectivity index (χ4n) is 1.96. The van der Waals surface area contributed by atoms with Gasteiger partial charge >= 0.3 is 0 Å². The van der Waals surface area contributed by atoms with Gasteiger partial charge in [0, 0.05) is 19.3 Å². The van der Waals surface area contributed by atoms with E-state index in [9.17, 15) is 5.11 Å².